The Hall–Kier alpha value is -3.03. The molecule has 0 spiro atoms. The van der Waals surface area contributed by atoms with E-state index in [0.717, 1.165) is 12.1 Å². The molecule has 28 heavy (non-hydrogen) atoms. The van der Waals surface area contributed by atoms with Gasteiger partial charge < -0.3 is 15.0 Å². The van der Waals surface area contributed by atoms with Gasteiger partial charge in [-0.1, -0.05) is 6.07 Å². The molecule has 0 saturated carbocycles. The Morgan fingerprint density at radius 2 is 1.89 bits per heavy atom. The number of rotatable bonds is 2. The molecule has 0 atom stereocenters. The SMILES string of the molecule is CN1C(=O)C(C)(C)COc2ccc(NC(=O)c3cccc(C(F)(F)F)c3)cc21. The van der Waals surface area contributed by atoms with Crippen LogP contribution in [0.2, 0.25) is 0 Å². The summed E-state index contributed by atoms with van der Waals surface area (Å²) in [6.45, 7) is 3.75. The lowest BCUT2D eigenvalue weighted by atomic mass is 9.93. The van der Waals surface area contributed by atoms with Crippen LogP contribution in [0.4, 0.5) is 24.5 Å². The molecule has 1 aliphatic rings. The zero-order valence-corrected chi connectivity index (χ0v) is 15.6. The third-order valence-corrected chi connectivity index (χ3v) is 4.50. The largest absolute Gasteiger partial charge is 0.490 e. The van der Waals surface area contributed by atoms with E-state index in [9.17, 15) is 22.8 Å². The van der Waals surface area contributed by atoms with Gasteiger partial charge in [0.05, 0.1) is 16.7 Å². The summed E-state index contributed by atoms with van der Waals surface area (Å²) in [5.41, 5.74) is -0.925. The van der Waals surface area contributed by atoms with Crippen molar-refractivity contribution in [3.63, 3.8) is 0 Å². The Morgan fingerprint density at radius 1 is 1.18 bits per heavy atom. The second-order valence-electron chi connectivity index (χ2n) is 7.25. The van der Waals surface area contributed by atoms with Crippen LogP contribution in [-0.4, -0.2) is 25.5 Å². The number of ether oxygens (including phenoxy) is 1. The number of alkyl halides is 3. The Morgan fingerprint density at radius 3 is 2.57 bits per heavy atom. The first-order valence-corrected chi connectivity index (χ1v) is 8.53. The molecular weight excluding hydrogens is 373 g/mol. The van der Waals surface area contributed by atoms with Gasteiger partial charge in [0.1, 0.15) is 12.4 Å². The summed E-state index contributed by atoms with van der Waals surface area (Å²) < 4.78 is 44.2. The maximum Gasteiger partial charge on any atom is 0.416 e. The van der Waals surface area contributed by atoms with E-state index in [2.05, 4.69) is 5.32 Å². The zero-order valence-electron chi connectivity index (χ0n) is 15.6. The Labute approximate surface area is 160 Å². The van der Waals surface area contributed by atoms with E-state index < -0.39 is 23.1 Å². The highest BCUT2D eigenvalue weighted by atomic mass is 19.4. The summed E-state index contributed by atoms with van der Waals surface area (Å²) in [6.07, 6.45) is -4.53. The van der Waals surface area contributed by atoms with E-state index in [0.29, 0.717) is 17.1 Å². The molecule has 8 heteroatoms. The van der Waals surface area contributed by atoms with E-state index >= 15 is 0 Å². The van der Waals surface area contributed by atoms with Crippen molar-refractivity contribution in [3.8, 4) is 5.75 Å². The van der Waals surface area contributed by atoms with E-state index in [4.69, 9.17) is 4.74 Å². The number of anilines is 2. The number of amides is 2. The summed E-state index contributed by atoms with van der Waals surface area (Å²) in [5.74, 6) is -0.346. The number of nitrogens with zero attached hydrogens (tertiary/aromatic N) is 1. The van der Waals surface area contributed by atoms with Crippen LogP contribution < -0.4 is 15.0 Å². The first-order chi connectivity index (χ1) is 13.0. The van der Waals surface area contributed by atoms with E-state index in [-0.39, 0.29) is 18.1 Å². The molecular formula is C20H19F3N2O3. The predicted molar refractivity (Wildman–Crippen MR) is 98.5 cm³/mol. The maximum atomic E-state index is 12.8. The second kappa shape index (κ2) is 6.85. The second-order valence-corrected chi connectivity index (χ2v) is 7.25. The molecule has 0 saturated heterocycles. The number of benzene rings is 2. The van der Waals surface area contributed by atoms with Crippen LogP contribution >= 0.6 is 0 Å². The molecule has 0 fully saturated rings. The lowest BCUT2D eigenvalue weighted by Crippen LogP contribution is -2.39. The van der Waals surface area contributed by atoms with Crippen molar-refractivity contribution in [2.45, 2.75) is 20.0 Å². The molecule has 0 aliphatic carbocycles. The van der Waals surface area contributed by atoms with Crippen molar-refractivity contribution in [2.24, 2.45) is 5.41 Å². The normalized spacial score (nSPS) is 16.1. The molecule has 148 valence electrons. The minimum absolute atomic E-state index is 0.119. The smallest absolute Gasteiger partial charge is 0.416 e. The van der Waals surface area contributed by atoms with Crippen LogP contribution in [0.25, 0.3) is 0 Å². The van der Waals surface area contributed by atoms with Crippen LogP contribution in [0.1, 0.15) is 29.8 Å². The van der Waals surface area contributed by atoms with E-state index in [1.54, 1.807) is 39.1 Å². The van der Waals surface area contributed by atoms with Gasteiger partial charge in [0, 0.05) is 18.3 Å². The van der Waals surface area contributed by atoms with Gasteiger partial charge in [-0.15, -0.1) is 0 Å². The number of halogens is 3. The molecule has 3 rings (SSSR count). The fourth-order valence-electron chi connectivity index (χ4n) is 2.90. The first-order valence-electron chi connectivity index (χ1n) is 8.53. The minimum atomic E-state index is -4.53. The van der Waals surface area contributed by atoms with Gasteiger partial charge in [-0.25, -0.2) is 0 Å². The minimum Gasteiger partial charge on any atom is -0.490 e. The number of fused-ring (bicyclic) bond motifs is 1. The first kappa shape index (κ1) is 19.7. The molecule has 5 nitrogen and oxygen atoms in total. The average Bonchev–Trinajstić information content (AvgIpc) is 2.72. The van der Waals surface area contributed by atoms with Gasteiger partial charge in [0.15, 0.2) is 0 Å². The Kier molecular flexibility index (Phi) is 4.82. The molecule has 1 aliphatic heterocycles. The van der Waals surface area contributed by atoms with Crippen molar-refractivity contribution in [1.29, 1.82) is 0 Å². The summed E-state index contributed by atoms with van der Waals surface area (Å²) in [7, 11) is 1.61. The van der Waals surface area contributed by atoms with Gasteiger partial charge in [0.2, 0.25) is 5.91 Å². The third kappa shape index (κ3) is 3.81. The van der Waals surface area contributed by atoms with E-state index in [1.807, 2.05) is 0 Å². The van der Waals surface area contributed by atoms with Crippen molar-refractivity contribution in [3.05, 3.63) is 53.6 Å². The molecule has 0 radical (unpaired) electrons. The van der Waals surface area contributed by atoms with Gasteiger partial charge >= 0.3 is 6.18 Å². The Balaban J connectivity index is 1.86. The topological polar surface area (TPSA) is 58.6 Å². The van der Waals surface area contributed by atoms with Crippen LogP contribution in [0.5, 0.6) is 5.75 Å². The monoisotopic (exact) mass is 392 g/mol. The average molecular weight is 392 g/mol. The van der Waals surface area contributed by atoms with Gasteiger partial charge in [-0.3, -0.25) is 9.59 Å². The quantitative estimate of drug-likeness (QED) is 0.827. The highest BCUT2D eigenvalue weighted by molar-refractivity contribution is 6.05. The van der Waals surface area contributed by atoms with Crippen LogP contribution in [0.3, 0.4) is 0 Å². The summed E-state index contributed by atoms with van der Waals surface area (Å²) >= 11 is 0. The summed E-state index contributed by atoms with van der Waals surface area (Å²) in [4.78, 5) is 26.4. The van der Waals surface area contributed by atoms with E-state index in [1.165, 1.54) is 17.0 Å². The molecule has 0 unspecified atom stereocenters. The predicted octanol–water partition coefficient (Wildman–Crippen LogP) is 4.34. The number of hydrogen-bond acceptors (Lipinski definition) is 3. The van der Waals surface area contributed by atoms with Gasteiger partial charge in [-0.05, 0) is 50.2 Å². The summed E-state index contributed by atoms with van der Waals surface area (Å²) in [6, 6.07) is 8.91. The fourth-order valence-corrected chi connectivity index (χ4v) is 2.90. The van der Waals surface area contributed by atoms with Crippen molar-refractivity contribution >= 4 is 23.2 Å². The third-order valence-electron chi connectivity index (χ3n) is 4.50. The Bertz CT molecular complexity index is 939. The molecule has 2 aromatic rings. The molecule has 2 amide bonds. The number of carbonyl (C=O) groups excluding carboxylic acids is 2. The number of carbonyl (C=O) groups is 2. The van der Waals surface area contributed by atoms with Crippen LogP contribution in [0.15, 0.2) is 42.5 Å². The van der Waals surface area contributed by atoms with Crippen molar-refractivity contribution < 1.29 is 27.5 Å². The molecule has 0 aromatic heterocycles. The molecule has 1 N–H and O–H groups in total. The lowest BCUT2D eigenvalue weighted by Gasteiger charge is -2.24. The molecule has 1 heterocycles. The lowest BCUT2D eigenvalue weighted by molar-refractivity contribution is -0.137. The van der Waals surface area contributed by atoms with Gasteiger partial charge in [-0.2, -0.15) is 13.2 Å². The highest BCUT2D eigenvalue weighted by Crippen LogP contribution is 2.37. The van der Waals surface area contributed by atoms with Crippen LogP contribution in [-0.2, 0) is 11.0 Å². The van der Waals surface area contributed by atoms with Gasteiger partial charge in [0.25, 0.3) is 5.91 Å². The summed E-state index contributed by atoms with van der Waals surface area (Å²) in [5, 5.41) is 2.56. The highest BCUT2D eigenvalue weighted by Gasteiger charge is 2.36. The zero-order chi connectivity index (χ0) is 20.7. The van der Waals surface area contributed by atoms with Crippen molar-refractivity contribution in [2.75, 3.05) is 23.9 Å². The number of hydrogen-bond donors (Lipinski definition) is 1. The molecule has 0 bridgehead atoms. The van der Waals surface area contributed by atoms with Crippen molar-refractivity contribution in [1.82, 2.24) is 0 Å². The fraction of sp³-hybridized carbons (Fsp3) is 0.300. The molecule has 2 aromatic carbocycles. The standard InChI is InChI=1S/C20H19F3N2O3/c1-19(2)11-28-16-8-7-14(10-15(16)25(3)18(19)27)24-17(26)12-5-4-6-13(9-12)20(21,22)23/h4-10H,11H2,1-3H3,(H,24,26). The van der Waals surface area contributed by atoms with Crippen LogP contribution in [0, 0.1) is 5.41 Å². The number of nitrogens with one attached hydrogen (secondary N) is 1. The maximum absolute atomic E-state index is 12.8.